The summed E-state index contributed by atoms with van der Waals surface area (Å²) in [6.45, 7) is 4.27. The summed E-state index contributed by atoms with van der Waals surface area (Å²) < 4.78 is 4.35. The summed E-state index contributed by atoms with van der Waals surface area (Å²) in [6, 6.07) is 7.88. The Morgan fingerprint density at radius 2 is 2.05 bits per heavy atom. The minimum atomic E-state index is -0.737. The van der Waals surface area contributed by atoms with Crippen LogP contribution in [0.4, 0.5) is 5.00 Å². The van der Waals surface area contributed by atoms with Gasteiger partial charge in [0.1, 0.15) is 5.00 Å². The number of rotatable bonds is 6. The first-order chi connectivity index (χ1) is 9.13. The zero-order valence-corrected chi connectivity index (χ0v) is 12.0. The minimum absolute atomic E-state index is 0.432. The van der Waals surface area contributed by atoms with Crippen LogP contribution in [0.2, 0.25) is 0 Å². The van der Waals surface area contributed by atoms with Gasteiger partial charge in [-0.15, -0.1) is 0 Å². The summed E-state index contributed by atoms with van der Waals surface area (Å²) in [5.74, 6) is -0.737. The normalized spacial score (nSPS) is 11.7. The van der Waals surface area contributed by atoms with Crippen LogP contribution in [-0.4, -0.2) is 22.0 Å². The molecule has 102 valence electrons. The molecule has 5 heteroatoms. The van der Waals surface area contributed by atoms with Gasteiger partial charge in [0.05, 0.1) is 10.9 Å². The second kappa shape index (κ2) is 5.57. The molecule has 1 heterocycles. The molecule has 0 fully saturated rings. The average molecular weight is 278 g/mol. The average Bonchev–Trinajstić information content (AvgIpc) is 2.84. The maximum absolute atomic E-state index is 11.5. The van der Waals surface area contributed by atoms with Gasteiger partial charge in [-0.25, -0.2) is 0 Å². The maximum Gasteiger partial charge on any atom is 0.311 e. The fraction of sp³-hybridized carbons (Fsp3) is 0.429. The van der Waals surface area contributed by atoms with E-state index in [0.717, 1.165) is 15.9 Å². The number of anilines is 1. The van der Waals surface area contributed by atoms with E-state index in [-0.39, 0.29) is 0 Å². The van der Waals surface area contributed by atoms with Gasteiger partial charge >= 0.3 is 5.97 Å². The number of hydrogen-bond donors (Lipinski definition) is 2. The minimum Gasteiger partial charge on any atom is -0.481 e. The van der Waals surface area contributed by atoms with Crippen molar-refractivity contribution in [2.75, 3.05) is 11.9 Å². The third-order valence-corrected chi connectivity index (χ3v) is 4.61. The van der Waals surface area contributed by atoms with Gasteiger partial charge in [-0.2, -0.15) is 4.37 Å². The summed E-state index contributed by atoms with van der Waals surface area (Å²) >= 11 is 1.38. The number of nitrogens with zero attached hydrogens (tertiary/aromatic N) is 1. The van der Waals surface area contributed by atoms with E-state index in [9.17, 15) is 9.90 Å². The van der Waals surface area contributed by atoms with Crippen molar-refractivity contribution in [1.82, 2.24) is 4.37 Å². The van der Waals surface area contributed by atoms with E-state index in [2.05, 4.69) is 9.69 Å². The van der Waals surface area contributed by atoms with Crippen LogP contribution in [0, 0.1) is 5.41 Å². The van der Waals surface area contributed by atoms with E-state index >= 15 is 0 Å². The van der Waals surface area contributed by atoms with Crippen LogP contribution in [0.5, 0.6) is 0 Å². The lowest BCUT2D eigenvalue weighted by Crippen LogP contribution is -2.36. The van der Waals surface area contributed by atoms with Crippen molar-refractivity contribution >= 4 is 33.4 Å². The van der Waals surface area contributed by atoms with Crippen LogP contribution >= 0.6 is 11.5 Å². The molecule has 0 aliphatic rings. The summed E-state index contributed by atoms with van der Waals surface area (Å²) in [6.07, 6.45) is 1.23. The molecule has 0 atom stereocenters. The van der Waals surface area contributed by atoms with Gasteiger partial charge in [0.2, 0.25) is 0 Å². The molecule has 0 radical (unpaired) electrons. The van der Waals surface area contributed by atoms with Gasteiger partial charge in [0.25, 0.3) is 0 Å². The molecule has 0 bridgehead atoms. The van der Waals surface area contributed by atoms with Gasteiger partial charge in [0, 0.05) is 11.9 Å². The lowest BCUT2D eigenvalue weighted by atomic mass is 9.82. The molecule has 2 aromatic rings. The van der Waals surface area contributed by atoms with E-state index in [1.807, 2.05) is 38.1 Å². The zero-order valence-electron chi connectivity index (χ0n) is 11.1. The van der Waals surface area contributed by atoms with Crippen molar-refractivity contribution in [2.45, 2.75) is 26.7 Å². The fourth-order valence-corrected chi connectivity index (χ4v) is 2.90. The van der Waals surface area contributed by atoms with Crippen molar-refractivity contribution in [3.63, 3.8) is 0 Å². The van der Waals surface area contributed by atoms with Crippen LogP contribution in [0.3, 0.4) is 0 Å². The number of fused-ring (bicyclic) bond motifs is 1. The second-order valence-corrected chi connectivity index (χ2v) is 5.45. The van der Waals surface area contributed by atoms with E-state index < -0.39 is 11.4 Å². The highest BCUT2D eigenvalue weighted by Crippen LogP contribution is 2.31. The smallest absolute Gasteiger partial charge is 0.311 e. The van der Waals surface area contributed by atoms with E-state index in [1.165, 1.54) is 11.5 Å². The monoisotopic (exact) mass is 278 g/mol. The molecular weight excluding hydrogens is 260 g/mol. The third kappa shape index (κ3) is 2.56. The summed E-state index contributed by atoms with van der Waals surface area (Å²) in [4.78, 5) is 11.5. The van der Waals surface area contributed by atoms with Gasteiger partial charge in [0.15, 0.2) is 0 Å². The lowest BCUT2D eigenvalue weighted by molar-refractivity contribution is -0.148. The Hall–Kier alpha value is -1.62. The fourth-order valence-electron chi connectivity index (χ4n) is 2.14. The Morgan fingerprint density at radius 1 is 1.37 bits per heavy atom. The predicted octanol–water partition coefficient (Wildman–Crippen LogP) is 3.60. The van der Waals surface area contributed by atoms with Gasteiger partial charge in [-0.3, -0.25) is 4.79 Å². The number of carbonyl (C=O) groups is 1. The van der Waals surface area contributed by atoms with Crippen molar-refractivity contribution in [2.24, 2.45) is 5.41 Å². The van der Waals surface area contributed by atoms with Crippen molar-refractivity contribution in [3.05, 3.63) is 24.3 Å². The van der Waals surface area contributed by atoms with Crippen molar-refractivity contribution in [3.8, 4) is 0 Å². The molecule has 0 spiro atoms. The Kier molecular flexibility index (Phi) is 4.04. The van der Waals surface area contributed by atoms with Crippen LogP contribution in [0.25, 0.3) is 10.9 Å². The summed E-state index contributed by atoms with van der Waals surface area (Å²) in [5.41, 5.74) is 0.245. The molecule has 2 rings (SSSR count). The Balaban J connectivity index is 2.20. The molecule has 19 heavy (non-hydrogen) atoms. The molecule has 0 aliphatic heterocycles. The Morgan fingerprint density at radius 3 is 2.68 bits per heavy atom. The molecule has 4 nitrogen and oxygen atoms in total. The number of aromatic nitrogens is 1. The Bertz CT molecular complexity index is 576. The van der Waals surface area contributed by atoms with Crippen molar-refractivity contribution < 1.29 is 9.90 Å². The first kappa shape index (κ1) is 13.8. The highest BCUT2D eigenvalue weighted by molar-refractivity contribution is 7.11. The number of carboxylic acid groups (broad SMARTS) is 1. The van der Waals surface area contributed by atoms with E-state index in [1.54, 1.807) is 0 Å². The first-order valence-electron chi connectivity index (χ1n) is 6.44. The molecule has 0 unspecified atom stereocenters. The number of nitrogens with one attached hydrogen (secondary N) is 1. The molecule has 0 amide bonds. The molecule has 1 aromatic heterocycles. The SMILES string of the molecule is CCC(CC)(CNc1snc2ccccc12)C(=O)O. The quantitative estimate of drug-likeness (QED) is 0.847. The first-order valence-corrected chi connectivity index (χ1v) is 7.22. The topological polar surface area (TPSA) is 62.2 Å². The van der Waals surface area contributed by atoms with E-state index in [0.29, 0.717) is 19.4 Å². The molecular formula is C14H18N2O2S. The summed E-state index contributed by atoms with van der Waals surface area (Å²) in [5, 5.41) is 14.7. The van der Waals surface area contributed by atoms with Crippen LogP contribution in [0.15, 0.2) is 24.3 Å². The zero-order chi connectivity index (χ0) is 13.9. The molecule has 0 aliphatic carbocycles. The van der Waals surface area contributed by atoms with Crippen LogP contribution in [-0.2, 0) is 4.79 Å². The largest absolute Gasteiger partial charge is 0.481 e. The molecule has 0 saturated heterocycles. The highest BCUT2D eigenvalue weighted by Gasteiger charge is 2.34. The van der Waals surface area contributed by atoms with Crippen molar-refractivity contribution in [1.29, 1.82) is 0 Å². The van der Waals surface area contributed by atoms with Gasteiger partial charge in [-0.05, 0) is 36.5 Å². The second-order valence-electron chi connectivity index (χ2n) is 4.67. The van der Waals surface area contributed by atoms with Crippen LogP contribution < -0.4 is 5.32 Å². The number of carboxylic acids is 1. The summed E-state index contributed by atoms with van der Waals surface area (Å²) in [7, 11) is 0. The van der Waals surface area contributed by atoms with Gasteiger partial charge < -0.3 is 10.4 Å². The number of aliphatic carboxylic acids is 1. The van der Waals surface area contributed by atoms with E-state index in [4.69, 9.17) is 0 Å². The number of hydrogen-bond acceptors (Lipinski definition) is 4. The van der Waals surface area contributed by atoms with Crippen LogP contribution in [0.1, 0.15) is 26.7 Å². The predicted molar refractivity (Wildman–Crippen MR) is 78.8 cm³/mol. The lowest BCUT2D eigenvalue weighted by Gasteiger charge is -2.26. The third-order valence-electron chi connectivity index (χ3n) is 3.78. The van der Waals surface area contributed by atoms with Gasteiger partial charge in [-0.1, -0.05) is 26.0 Å². The standard InChI is InChI=1S/C14H18N2O2S/c1-3-14(4-2,13(17)18)9-15-12-10-7-5-6-8-11(10)16-19-12/h5-8,15H,3-4,9H2,1-2H3,(H,17,18). The highest BCUT2D eigenvalue weighted by atomic mass is 32.1. The number of benzene rings is 1. The molecule has 0 saturated carbocycles. The molecule has 2 N–H and O–H groups in total. The maximum atomic E-state index is 11.5. The Labute approximate surface area is 116 Å². The molecule has 1 aromatic carbocycles.